The Hall–Kier alpha value is -1.13. The van der Waals surface area contributed by atoms with Gasteiger partial charge >= 0.3 is 0 Å². The van der Waals surface area contributed by atoms with E-state index in [2.05, 4.69) is 40.4 Å². The van der Waals surface area contributed by atoms with Gasteiger partial charge in [0.2, 0.25) is 0 Å². The zero-order valence-corrected chi connectivity index (χ0v) is 11.2. The molecule has 1 atom stereocenters. The van der Waals surface area contributed by atoms with E-state index in [9.17, 15) is 0 Å². The van der Waals surface area contributed by atoms with E-state index in [0.717, 1.165) is 19.4 Å². The van der Waals surface area contributed by atoms with Gasteiger partial charge in [-0.25, -0.2) is 0 Å². The van der Waals surface area contributed by atoms with Crippen LogP contribution in [0, 0.1) is 0 Å². The van der Waals surface area contributed by atoms with Crippen LogP contribution in [0.2, 0.25) is 0 Å². The molecule has 0 radical (unpaired) electrons. The average molecular weight is 249 g/mol. The number of aromatic nitrogens is 2. The molecule has 0 aliphatic carbocycles. The molecule has 2 aromatic heterocycles. The minimum Gasteiger partial charge on any atom is -0.310 e. The van der Waals surface area contributed by atoms with E-state index < -0.39 is 0 Å². The molecule has 0 aliphatic heterocycles. The summed E-state index contributed by atoms with van der Waals surface area (Å²) in [4.78, 5) is 0. The summed E-state index contributed by atoms with van der Waals surface area (Å²) in [6, 6.07) is 2.67. The molecule has 0 amide bonds. The molecule has 1 unspecified atom stereocenters. The zero-order chi connectivity index (χ0) is 12.1. The second kappa shape index (κ2) is 5.98. The number of thiophene rings is 1. The van der Waals surface area contributed by atoms with Crippen molar-refractivity contribution in [3.63, 3.8) is 0 Å². The summed E-state index contributed by atoms with van der Waals surface area (Å²) in [6.07, 6.45) is 6.24. The molecule has 92 valence electrons. The molecule has 4 heteroatoms. The molecular formula is C13H19N3S. The predicted molar refractivity (Wildman–Crippen MR) is 72.3 cm³/mol. The first-order valence-corrected chi connectivity index (χ1v) is 6.97. The van der Waals surface area contributed by atoms with Crippen molar-refractivity contribution in [2.75, 3.05) is 6.54 Å². The third kappa shape index (κ3) is 3.41. The van der Waals surface area contributed by atoms with E-state index >= 15 is 0 Å². The molecule has 0 saturated heterocycles. The molecule has 0 spiro atoms. The van der Waals surface area contributed by atoms with Crippen molar-refractivity contribution in [1.82, 2.24) is 15.1 Å². The number of rotatable bonds is 6. The summed E-state index contributed by atoms with van der Waals surface area (Å²) in [5.41, 5.74) is 2.71. The summed E-state index contributed by atoms with van der Waals surface area (Å²) in [7, 11) is 1.96. The molecule has 0 bridgehead atoms. The maximum atomic E-state index is 4.20. The Balaban J connectivity index is 1.94. The summed E-state index contributed by atoms with van der Waals surface area (Å²) >= 11 is 1.76. The van der Waals surface area contributed by atoms with Crippen LogP contribution in [0.25, 0.3) is 0 Å². The second-order valence-corrected chi connectivity index (χ2v) is 5.01. The van der Waals surface area contributed by atoms with E-state index in [0.29, 0.717) is 6.04 Å². The number of hydrogen-bond acceptors (Lipinski definition) is 3. The third-order valence-electron chi connectivity index (χ3n) is 2.88. The van der Waals surface area contributed by atoms with E-state index in [-0.39, 0.29) is 0 Å². The van der Waals surface area contributed by atoms with Crippen LogP contribution in [0.1, 0.15) is 30.5 Å². The van der Waals surface area contributed by atoms with Gasteiger partial charge in [-0.05, 0) is 47.3 Å². The fourth-order valence-electron chi connectivity index (χ4n) is 2.02. The normalized spacial score (nSPS) is 12.8. The molecule has 0 fully saturated rings. The van der Waals surface area contributed by atoms with Crippen LogP contribution in [0.3, 0.4) is 0 Å². The largest absolute Gasteiger partial charge is 0.310 e. The van der Waals surface area contributed by atoms with Gasteiger partial charge in [0.05, 0.1) is 6.20 Å². The first-order chi connectivity index (χ1) is 8.29. The predicted octanol–water partition coefficient (Wildman–Crippen LogP) is 2.77. The molecule has 17 heavy (non-hydrogen) atoms. The number of nitrogens with zero attached hydrogens (tertiary/aromatic N) is 2. The lowest BCUT2D eigenvalue weighted by Gasteiger charge is -2.16. The number of hydrogen-bond donors (Lipinski definition) is 1. The fourth-order valence-corrected chi connectivity index (χ4v) is 2.73. The number of aryl methyl sites for hydroxylation is 2. The molecular weight excluding hydrogens is 230 g/mol. The van der Waals surface area contributed by atoms with Crippen molar-refractivity contribution in [3.8, 4) is 0 Å². The molecule has 2 heterocycles. The van der Waals surface area contributed by atoms with Crippen molar-refractivity contribution in [2.45, 2.75) is 25.8 Å². The Labute approximate surface area is 106 Å². The maximum Gasteiger partial charge on any atom is 0.0521 e. The standard InChI is InChI=1S/C13H19N3S/c1-3-14-13(12-6-7-17-10-12)5-4-11-8-15-16(2)9-11/h6-10,13-14H,3-5H2,1-2H3. The van der Waals surface area contributed by atoms with Gasteiger partial charge in [0.25, 0.3) is 0 Å². The molecule has 2 aromatic rings. The van der Waals surface area contributed by atoms with Crippen LogP contribution < -0.4 is 5.32 Å². The van der Waals surface area contributed by atoms with Gasteiger partial charge in [-0.3, -0.25) is 4.68 Å². The fraction of sp³-hybridized carbons (Fsp3) is 0.462. The van der Waals surface area contributed by atoms with Crippen molar-refractivity contribution < 1.29 is 0 Å². The van der Waals surface area contributed by atoms with Gasteiger partial charge in [-0.1, -0.05) is 6.92 Å². The van der Waals surface area contributed by atoms with Crippen LogP contribution in [-0.4, -0.2) is 16.3 Å². The van der Waals surface area contributed by atoms with Crippen LogP contribution >= 0.6 is 11.3 Å². The highest BCUT2D eigenvalue weighted by Gasteiger charge is 2.10. The monoisotopic (exact) mass is 249 g/mol. The smallest absolute Gasteiger partial charge is 0.0521 e. The first-order valence-electron chi connectivity index (χ1n) is 6.02. The molecule has 0 aliphatic rings. The van der Waals surface area contributed by atoms with E-state index in [1.165, 1.54) is 11.1 Å². The molecule has 3 nitrogen and oxygen atoms in total. The lowest BCUT2D eigenvalue weighted by molar-refractivity contribution is 0.516. The highest BCUT2D eigenvalue weighted by Crippen LogP contribution is 2.21. The quantitative estimate of drug-likeness (QED) is 0.853. The van der Waals surface area contributed by atoms with Crippen molar-refractivity contribution in [3.05, 3.63) is 40.3 Å². The molecule has 1 N–H and O–H groups in total. The van der Waals surface area contributed by atoms with Crippen molar-refractivity contribution in [1.29, 1.82) is 0 Å². The molecule has 0 aromatic carbocycles. The summed E-state index contributed by atoms with van der Waals surface area (Å²) < 4.78 is 1.86. The Morgan fingerprint density at radius 3 is 3.00 bits per heavy atom. The lowest BCUT2D eigenvalue weighted by Crippen LogP contribution is -2.20. The highest BCUT2D eigenvalue weighted by molar-refractivity contribution is 7.07. The van der Waals surface area contributed by atoms with Crippen molar-refractivity contribution in [2.24, 2.45) is 7.05 Å². The molecule has 0 saturated carbocycles. The molecule has 2 rings (SSSR count). The van der Waals surface area contributed by atoms with Gasteiger partial charge in [-0.15, -0.1) is 0 Å². The van der Waals surface area contributed by atoms with Gasteiger partial charge in [0.15, 0.2) is 0 Å². The van der Waals surface area contributed by atoms with Crippen LogP contribution in [0.5, 0.6) is 0 Å². The maximum absolute atomic E-state index is 4.20. The summed E-state index contributed by atoms with van der Waals surface area (Å²) in [5, 5.41) is 12.1. The van der Waals surface area contributed by atoms with E-state index in [1.54, 1.807) is 11.3 Å². The zero-order valence-electron chi connectivity index (χ0n) is 10.4. The first kappa shape index (κ1) is 12.3. The minimum absolute atomic E-state index is 0.464. The van der Waals surface area contributed by atoms with Crippen LogP contribution in [-0.2, 0) is 13.5 Å². The Morgan fingerprint density at radius 1 is 1.53 bits per heavy atom. The Bertz CT molecular complexity index is 433. The Kier molecular flexibility index (Phi) is 4.34. The SMILES string of the molecule is CCNC(CCc1cnn(C)c1)c1ccsc1. The topological polar surface area (TPSA) is 29.9 Å². The average Bonchev–Trinajstić information content (AvgIpc) is 2.95. The summed E-state index contributed by atoms with van der Waals surface area (Å²) in [5.74, 6) is 0. The van der Waals surface area contributed by atoms with E-state index in [4.69, 9.17) is 0 Å². The summed E-state index contributed by atoms with van der Waals surface area (Å²) in [6.45, 7) is 3.16. The van der Waals surface area contributed by atoms with E-state index in [1.807, 2.05) is 17.9 Å². The van der Waals surface area contributed by atoms with Crippen LogP contribution in [0.15, 0.2) is 29.2 Å². The van der Waals surface area contributed by atoms with Gasteiger partial charge in [0, 0.05) is 19.3 Å². The highest BCUT2D eigenvalue weighted by atomic mass is 32.1. The Morgan fingerprint density at radius 2 is 2.41 bits per heavy atom. The van der Waals surface area contributed by atoms with Crippen molar-refractivity contribution >= 4 is 11.3 Å². The second-order valence-electron chi connectivity index (χ2n) is 4.23. The van der Waals surface area contributed by atoms with Gasteiger partial charge in [0.1, 0.15) is 0 Å². The lowest BCUT2D eigenvalue weighted by atomic mass is 10.0. The minimum atomic E-state index is 0.464. The van der Waals surface area contributed by atoms with Gasteiger partial charge in [-0.2, -0.15) is 16.4 Å². The van der Waals surface area contributed by atoms with Crippen LogP contribution in [0.4, 0.5) is 0 Å². The number of nitrogens with one attached hydrogen (secondary N) is 1. The third-order valence-corrected chi connectivity index (χ3v) is 3.58. The van der Waals surface area contributed by atoms with Gasteiger partial charge < -0.3 is 5.32 Å².